The third-order valence-corrected chi connectivity index (χ3v) is 3.38. The Morgan fingerprint density at radius 1 is 1.14 bits per heavy atom. The van der Waals surface area contributed by atoms with Crippen LogP contribution in [-0.4, -0.2) is 16.4 Å². The Kier molecular flexibility index (Phi) is 4.58. The highest BCUT2D eigenvalue weighted by Gasteiger charge is 2.21. The van der Waals surface area contributed by atoms with Gasteiger partial charge in [0.2, 0.25) is 5.56 Å². The summed E-state index contributed by atoms with van der Waals surface area (Å²) in [5, 5.41) is 3.00. The Morgan fingerprint density at radius 2 is 1.86 bits per heavy atom. The first-order valence-electron chi connectivity index (χ1n) is 7.01. The number of benzene rings is 1. The van der Waals surface area contributed by atoms with Crippen molar-refractivity contribution in [3.8, 4) is 0 Å². The standard InChI is InChI=1S/C17H20N2O2/c1-17(2,11-10-13-6-4-3-5-7-13)19-16(21)14-8-9-15(20)18-12-14/h3-9,12H,10-11H2,1-2H3,(H,18,20)(H,19,21). The van der Waals surface area contributed by atoms with Crippen LogP contribution in [0.2, 0.25) is 0 Å². The highest BCUT2D eigenvalue weighted by Crippen LogP contribution is 2.14. The maximum Gasteiger partial charge on any atom is 0.253 e. The molecule has 0 aliphatic carbocycles. The largest absolute Gasteiger partial charge is 0.347 e. The number of aromatic nitrogens is 1. The summed E-state index contributed by atoms with van der Waals surface area (Å²) >= 11 is 0. The Hall–Kier alpha value is -2.36. The van der Waals surface area contributed by atoms with E-state index >= 15 is 0 Å². The molecule has 0 saturated heterocycles. The molecule has 0 saturated carbocycles. The number of carbonyl (C=O) groups excluding carboxylic acids is 1. The van der Waals surface area contributed by atoms with E-state index in [4.69, 9.17) is 0 Å². The molecular weight excluding hydrogens is 264 g/mol. The summed E-state index contributed by atoms with van der Waals surface area (Å²) in [6, 6.07) is 13.1. The number of H-pyrrole nitrogens is 1. The number of aryl methyl sites for hydroxylation is 1. The van der Waals surface area contributed by atoms with Gasteiger partial charge in [0.05, 0.1) is 5.56 Å². The highest BCUT2D eigenvalue weighted by atomic mass is 16.2. The number of nitrogens with one attached hydrogen (secondary N) is 2. The van der Waals surface area contributed by atoms with Crippen LogP contribution in [0.4, 0.5) is 0 Å². The van der Waals surface area contributed by atoms with E-state index < -0.39 is 0 Å². The highest BCUT2D eigenvalue weighted by molar-refractivity contribution is 5.94. The van der Waals surface area contributed by atoms with Crippen molar-refractivity contribution in [2.24, 2.45) is 0 Å². The lowest BCUT2D eigenvalue weighted by molar-refractivity contribution is 0.0909. The number of amides is 1. The maximum atomic E-state index is 12.1. The van der Waals surface area contributed by atoms with E-state index in [0.717, 1.165) is 12.8 Å². The molecule has 110 valence electrons. The summed E-state index contributed by atoms with van der Waals surface area (Å²) < 4.78 is 0. The zero-order valence-electron chi connectivity index (χ0n) is 12.3. The lowest BCUT2D eigenvalue weighted by Gasteiger charge is -2.26. The monoisotopic (exact) mass is 284 g/mol. The molecule has 1 heterocycles. The molecule has 1 aromatic carbocycles. The molecule has 2 N–H and O–H groups in total. The van der Waals surface area contributed by atoms with Gasteiger partial charge >= 0.3 is 0 Å². The minimum Gasteiger partial charge on any atom is -0.347 e. The average molecular weight is 284 g/mol. The Balaban J connectivity index is 1.95. The smallest absolute Gasteiger partial charge is 0.253 e. The van der Waals surface area contributed by atoms with E-state index in [0.29, 0.717) is 5.56 Å². The molecule has 0 bridgehead atoms. The first kappa shape index (κ1) is 15.0. The number of rotatable bonds is 5. The van der Waals surface area contributed by atoms with Crippen molar-refractivity contribution in [2.75, 3.05) is 0 Å². The van der Waals surface area contributed by atoms with Gasteiger partial charge in [-0.25, -0.2) is 0 Å². The van der Waals surface area contributed by atoms with Crippen LogP contribution in [-0.2, 0) is 6.42 Å². The summed E-state index contributed by atoms with van der Waals surface area (Å²) in [6.45, 7) is 4.00. The number of aromatic amines is 1. The molecule has 21 heavy (non-hydrogen) atoms. The second-order valence-electron chi connectivity index (χ2n) is 5.77. The molecule has 1 amide bonds. The van der Waals surface area contributed by atoms with Crippen LogP contribution in [0.5, 0.6) is 0 Å². The topological polar surface area (TPSA) is 62.0 Å². The van der Waals surface area contributed by atoms with Gasteiger partial charge in [-0.05, 0) is 38.3 Å². The molecule has 0 radical (unpaired) electrons. The van der Waals surface area contributed by atoms with Gasteiger partial charge in [-0.15, -0.1) is 0 Å². The van der Waals surface area contributed by atoms with Gasteiger partial charge in [0.25, 0.3) is 5.91 Å². The molecule has 0 aliphatic rings. The normalized spacial score (nSPS) is 11.1. The second-order valence-corrected chi connectivity index (χ2v) is 5.77. The lowest BCUT2D eigenvalue weighted by atomic mass is 9.95. The van der Waals surface area contributed by atoms with Gasteiger partial charge in [-0.3, -0.25) is 9.59 Å². The lowest BCUT2D eigenvalue weighted by Crippen LogP contribution is -2.43. The fourth-order valence-corrected chi connectivity index (χ4v) is 2.10. The van der Waals surface area contributed by atoms with E-state index in [9.17, 15) is 9.59 Å². The quantitative estimate of drug-likeness (QED) is 0.886. The van der Waals surface area contributed by atoms with Gasteiger partial charge in [0.15, 0.2) is 0 Å². The van der Waals surface area contributed by atoms with E-state index in [2.05, 4.69) is 22.4 Å². The number of hydrogen-bond acceptors (Lipinski definition) is 2. The van der Waals surface area contributed by atoms with Crippen molar-refractivity contribution in [1.29, 1.82) is 0 Å². The van der Waals surface area contributed by atoms with Crippen molar-refractivity contribution in [1.82, 2.24) is 10.3 Å². The van der Waals surface area contributed by atoms with Crippen LogP contribution in [0.15, 0.2) is 53.5 Å². The van der Waals surface area contributed by atoms with Crippen LogP contribution in [0.25, 0.3) is 0 Å². The van der Waals surface area contributed by atoms with E-state index in [1.54, 1.807) is 0 Å². The van der Waals surface area contributed by atoms with Crippen LogP contribution in [0, 0.1) is 0 Å². The van der Waals surface area contributed by atoms with Gasteiger partial charge in [-0.1, -0.05) is 30.3 Å². The summed E-state index contributed by atoms with van der Waals surface area (Å²) in [4.78, 5) is 25.7. The molecule has 2 rings (SSSR count). The zero-order chi connectivity index (χ0) is 15.3. The molecule has 0 aliphatic heterocycles. The number of pyridine rings is 1. The molecule has 4 heteroatoms. The maximum absolute atomic E-state index is 12.1. The van der Waals surface area contributed by atoms with Crippen LogP contribution in [0.3, 0.4) is 0 Å². The van der Waals surface area contributed by atoms with Gasteiger partial charge < -0.3 is 10.3 Å². The van der Waals surface area contributed by atoms with Crippen molar-refractivity contribution in [3.63, 3.8) is 0 Å². The minimum absolute atomic E-state index is 0.177. The van der Waals surface area contributed by atoms with Crippen molar-refractivity contribution in [2.45, 2.75) is 32.2 Å². The summed E-state index contributed by atoms with van der Waals surface area (Å²) in [6.07, 6.45) is 3.18. The third-order valence-electron chi connectivity index (χ3n) is 3.38. The second kappa shape index (κ2) is 6.39. The summed E-state index contributed by atoms with van der Waals surface area (Å²) in [7, 11) is 0. The molecule has 1 aromatic heterocycles. The third kappa shape index (κ3) is 4.60. The molecule has 0 unspecified atom stereocenters. The van der Waals surface area contributed by atoms with Crippen LogP contribution in [0.1, 0.15) is 36.2 Å². The predicted octanol–water partition coefficient (Wildman–Crippen LogP) is 2.52. The molecule has 0 atom stereocenters. The summed E-state index contributed by atoms with van der Waals surface area (Å²) in [5.41, 5.74) is 1.18. The molecule has 4 nitrogen and oxygen atoms in total. The molecular formula is C17H20N2O2. The SMILES string of the molecule is CC(C)(CCc1ccccc1)NC(=O)c1ccc(=O)[nH]c1. The number of hydrogen-bond donors (Lipinski definition) is 2. The fraction of sp³-hybridized carbons (Fsp3) is 0.294. The van der Waals surface area contributed by atoms with Gasteiger partial charge in [0, 0.05) is 17.8 Å². The fourth-order valence-electron chi connectivity index (χ4n) is 2.10. The number of carbonyl (C=O) groups is 1. The molecule has 0 fully saturated rings. The van der Waals surface area contributed by atoms with Gasteiger partial charge in [0.1, 0.15) is 0 Å². The first-order valence-corrected chi connectivity index (χ1v) is 7.01. The van der Waals surface area contributed by atoms with Crippen molar-refractivity contribution >= 4 is 5.91 Å². The Bertz CT molecular complexity index is 639. The first-order chi connectivity index (χ1) is 9.96. The van der Waals surface area contributed by atoms with Crippen LogP contribution >= 0.6 is 0 Å². The van der Waals surface area contributed by atoms with Crippen LogP contribution < -0.4 is 10.9 Å². The minimum atomic E-state index is -0.316. The van der Waals surface area contributed by atoms with Crippen molar-refractivity contribution in [3.05, 3.63) is 70.1 Å². The van der Waals surface area contributed by atoms with Crippen molar-refractivity contribution < 1.29 is 4.79 Å². The molecule has 0 spiro atoms. The molecule has 2 aromatic rings. The Morgan fingerprint density at radius 3 is 2.48 bits per heavy atom. The average Bonchev–Trinajstić information content (AvgIpc) is 2.46. The van der Waals surface area contributed by atoms with E-state index in [1.165, 1.54) is 23.9 Å². The summed E-state index contributed by atoms with van der Waals surface area (Å²) in [5.74, 6) is -0.177. The van der Waals surface area contributed by atoms with E-state index in [1.807, 2.05) is 32.0 Å². The van der Waals surface area contributed by atoms with Gasteiger partial charge in [-0.2, -0.15) is 0 Å². The van der Waals surface area contributed by atoms with E-state index in [-0.39, 0.29) is 17.0 Å². The zero-order valence-corrected chi connectivity index (χ0v) is 12.3. The predicted molar refractivity (Wildman–Crippen MR) is 83.4 cm³/mol. The Labute approximate surface area is 124 Å².